The zero-order valence-corrected chi connectivity index (χ0v) is 12.3. The van der Waals surface area contributed by atoms with Crippen LogP contribution in [0.3, 0.4) is 0 Å². The van der Waals surface area contributed by atoms with E-state index >= 15 is 0 Å². The predicted octanol–water partition coefficient (Wildman–Crippen LogP) is 0.0199. The van der Waals surface area contributed by atoms with Crippen molar-refractivity contribution in [2.24, 2.45) is 0 Å². The van der Waals surface area contributed by atoms with Gasteiger partial charge in [0, 0.05) is 18.2 Å². The average Bonchev–Trinajstić information content (AvgIpc) is 2.52. The molecule has 3 atom stereocenters. The van der Waals surface area contributed by atoms with E-state index in [1.165, 1.54) is 18.2 Å². The van der Waals surface area contributed by atoms with Crippen LogP contribution >= 0.6 is 0 Å². The molecule has 4 N–H and O–H groups in total. The quantitative estimate of drug-likeness (QED) is 0.451. The standard InChI is InChI=1S/C15H20N2O5/c1-9-14(20)12(4-5-22-9)16-8-17-15(21)11-6-10(7-18)2-3-13(11)19/h2-3,6-7,9,12,14,16,19-20H,4-5,8H2,1H3,(H,17,21). The highest BCUT2D eigenvalue weighted by Crippen LogP contribution is 2.17. The van der Waals surface area contributed by atoms with E-state index in [0.29, 0.717) is 24.9 Å². The smallest absolute Gasteiger partial charge is 0.256 e. The maximum absolute atomic E-state index is 12.0. The molecule has 3 unspecified atom stereocenters. The summed E-state index contributed by atoms with van der Waals surface area (Å²) in [7, 11) is 0. The van der Waals surface area contributed by atoms with E-state index in [2.05, 4.69) is 10.6 Å². The van der Waals surface area contributed by atoms with E-state index < -0.39 is 12.0 Å². The van der Waals surface area contributed by atoms with Gasteiger partial charge in [-0.1, -0.05) is 0 Å². The van der Waals surface area contributed by atoms with Crippen LogP contribution in [0.4, 0.5) is 0 Å². The molecule has 1 aromatic carbocycles. The van der Waals surface area contributed by atoms with E-state index in [4.69, 9.17) is 4.74 Å². The Balaban J connectivity index is 1.89. The van der Waals surface area contributed by atoms with Gasteiger partial charge < -0.3 is 20.3 Å². The first-order valence-corrected chi connectivity index (χ1v) is 7.12. The maximum Gasteiger partial charge on any atom is 0.256 e. The Hall–Kier alpha value is -1.96. The summed E-state index contributed by atoms with van der Waals surface area (Å²) in [5.74, 6) is -0.689. The third kappa shape index (κ3) is 3.82. The Morgan fingerprint density at radius 3 is 3.00 bits per heavy atom. The normalized spacial score (nSPS) is 24.7. The van der Waals surface area contributed by atoms with Gasteiger partial charge >= 0.3 is 0 Å². The lowest BCUT2D eigenvalue weighted by Crippen LogP contribution is -2.53. The highest BCUT2D eigenvalue weighted by molar-refractivity contribution is 5.98. The number of hydrogen-bond donors (Lipinski definition) is 4. The molecule has 120 valence electrons. The predicted molar refractivity (Wildman–Crippen MR) is 78.8 cm³/mol. The minimum atomic E-state index is -0.641. The summed E-state index contributed by atoms with van der Waals surface area (Å²) in [5, 5.41) is 25.3. The summed E-state index contributed by atoms with van der Waals surface area (Å²) in [4.78, 5) is 22.7. The van der Waals surface area contributed by atoms with Crippen LogP contribution in [0, 0.1) is 0 Å². The van der Waals surface area contributed by atoms with E-state index in [9.17, 15) is 19.8 Å². The number of benzene rings is 1. The van der Waals surface area contributed by atoms with Crippen LogP contribution < -0.4 is 10.6 Å². The van der Waals surface area contributed by atoms with Gasteiger partial charge in [0.25, 0.3) is 5.91 Å². The molecule has 2 rings (SSSR count). The van der Waals surface area contributed by atoms with Gasteiger partial charge in [0.2, 0.25) is 0 Å². The van der Waals surface area contributed by atoms with Gasteiger partial charge in [-0.3, -0.25) is 14.9 Å². The third-order valence-corrected chi connectivity index (χ3v) is 3.72. The number of aliphatic hydroxyl groups excluding tert-OH is 1. The molecule has 22 heavy (non-hydrogen) atoms. The van der Waals surface area contributed by atoms with Gasteiger partial charge in [-0.05, 0) is 31.5 Å². The number of carbonyl (C=O) groups excluding carboxylic acids is 2. The van der Waals surface area contributed by atoms with Crippen molar-refractivity contribution in [3.05, 3.63) is 29.3 Å². The Kier molecular flexibility index (Phi) is 5.48. The van der Waals surface area contributed by atoms with Gasteiger partial charge in [-0.15, -0.1) is 0 Å². The molecule has 0 spiro atoms. The fraction of sp³-hybridized carbons (Fsp3) is 0.467. The average molecular weight is 308 g/mol. The molecule has 7 heteroatoms. The fourth-order valence-corrected chi connectivity index (χ4v) is 2.37. The summed E-state index contributed by atoms with van der Waals surface area (Å²) in [6.07, 6.45) is 0.356. The molecule has 1 aliphatic rings. The minimum absolute atomic E-state index is 0.0345. The van der Waals surface area contributed by atoms with Crippen molar-refractivity contribution in [1.29, 1.82) is 0 Å². The number of aromatic hydroxyl groups is 1. The van der Waals surface area contributed by atoms with Crippen LogP contribution in [-0.2, 0) is 4.74 Å². The molecule has 0 bridgehead atoms. The van der Waals surface area contributed by atoms with Gasteiger partial charge in [0.15, 0.2) is 0 Å². The van der Waals surface area contributed by atoms with E-state index in [-0.39, 0.29) is 30.1 Å². The molecule has 0 radical (unpaired) electrons. The fourth-order valence-electron chi connectivity index (χ4n) is 2.37. The number of carbonyl (C=O) groups is 2. The van der Waals surface area contributed by atoms with Crippen LogP contribution in [0.1, 0.15) is 34.1 Å². The Morgan fingerprint density at radius 1 is 1.50 bits per heavy atom. The molecular formula is C15H20N2O5. The zero-order chi connectivity index (χ0) is 16.1. The molecule has 1 heterocycles. The number of aldehydes is 1. The summed E-state index contributed by atoms with van der Waals surface area (Å²) in [6, 6.07) is 3.88. The molecule has 7 nitrogen and oxygen atoms in total. The molecule has 0 aliphatic carbocycles. The number of nitrogens with one attached hydrogen (secondary N) is 2. The topological polar surface area (TPSA) is 108 Å². The van der Waals surface area contributed by atoms with Crippen molar-refractivity contribution in [3.8, 4) is 5.75 Å². The number of aliphatic hydroxyl groups is 1. The minimum Gasteiger partial charge on any atom is -0.507 e. The summed E-state index contributed by atoms with van der Waals surface area (Å²) >= 11 is 0. The highest BCUT2D eigenvalue weighted by Gasteiger charge is 2.29. The summed E-state index contributed by atoms with van der Waals surface area (Å²) in [5.41, 5.74) is 0.344. The van der Waals surface area contributed by atoms with Gasteiger partial charge in [0.1, 0.15) is 12.0 Å². The number of amides is 1. The van der Waals surface area contributed by atoms with Crippen LogP contribution in [0.15, 0.2) is 18.2 Å². The number of ether oxygens (including phenoxy) is 1. The molecular weight excluding hydrogens is 288 g/mol. The van der Waals surface area contributed by atoms with Crippen molar-refractivity contribution >= 4 is 12.2 Å². The highest BCUT2D eigenvalue weighted by atomic mass is 16.5. The van der Waals surface area contributed by atoms with Crippen LogP contribution in [0.25, 0.3) is 0 Å². The Labute approximate surface area is 128 Å². The lowest BCUT2D eigenvalue weighted by Gasteiger charge is -2.33. The molecule has 1 aromatic rings. The zero-order valence-electron chi connectivity index (χ0n) is 12.3. The monoisotopic (exact) mass is 308 g/mol. The third-order valence-electron chi connectivity index (χ3n) is 3.72. The van der Waals surface area contributed by atoms with E-state index in [1.54, 1.807) is 6.92 Å². The van der Waals surface area contributed by atoms with Crippen molar-refractivity contribution in [2.45, 2.75) is 31.6 Å². The largest absolute Gasteiger partial charge is 0.507 e. The number of phenols is 1. The molecule has 1 saturated heterocycles. The Morgan fingerprint density at radius 2 is 2.27 bits per heavy atom. The van der Waals surface area contributed by atoms with Crippen molar-refractivity contribution in [3.63, 3.8) is 0 Å². The molecule has 1 amide bonds. The van der Waals surface area contributed by atoms with Crippen LogP contribution in [-0.4, -0.2) is 53.9 Å². The Bertz CT molecular complexity index is 549. The van der Waals surface area contributed by atoms with Crippen molar-refractivity contribution < 1.29 is 24.5 Å². The molecule has 0 saturated carbocycles. The van der Waals surface area contributed by atoms with Gasteiger partial charge in [0.05, 0.1) is 24.4 Å². The molecule has 1 fully saturated rings. The second-order valence-electron chi connectivity index (χ2n) is 5.24. The van der Waals surface area contributed by atoms with Crippen molar-refractivity contribution in [1.82, 2.24) is 10.6 Å². The lowest BCUT2D eigenvalue weighted by atomic mass is 10.0. The second kappa shape index (κ2) is 7.35. The van der Waals surface area contributed by atoms with E-state index in [1.807, 2.05) is 0 Å². The lowest BCUT2D eigenvalue weighted by molar-refractivity contribution is -0.0814. The summed E-state index contributed by atoms with van der Waals surface area (Å²) < 4.78 is 5.31. The van der Waals surface area contributed by atoms with Crippen molar-refractivity contribution in [2.75, 3.05) is 13.3 Å². The number of phenolic OH excluding ortho intramolecular Hbond substituents is 1. The van der Waals surface area contributed by atoms with E-state index in [0.717, 1.165) is 0 Å². The molecule has 0 aromatic heterocycles. The van der Waals surface area contributed by atoms with Gasteiger partial charge in [-0.2, -0.15) is 0 Å². The first kappa shape index (κ1) is 16.4. The first-order valence-electron chi connectivity index (χ1n) is 7.12. The first-order chi connectivity index (χ1) is 10.5. The van der Waals surface area contributed by atoms with Crippen LogP contribution in [0.2, 0.25) is 0 Å². The van der Waals surface area contributed by atoms with Gasteiger partial charge in [-0.25, -0.2) is 0 Å². The second-order valence-corrected chi connectivity index (χ2v) is 5.24. The molecule has 1 aliphatic heterocycles. The number of rotatable bonds is 5. The van der Waals surface area contributed by atoms with Crippen LogP contribution in [0.5, 0.6) is 5.75 Å². The SMILES string of the molecule is CC1OCCC(NCNC(=O)c2cc(C=O)ccc2O)C1O. The summed E-state index contributed by atoms with van der Waals surface area (Å²) in [6.45, 7) is 2.48. The number of hydrogen-bond acceptors (Lipinski definition) is 6. The maximum atomic E-state index is 12.0.